The molecule has 5 heteroatoms. The summed E-state index contributed by atoms with van der Waals surface area (Å²) in [6.45, 7) is 0. The van der Waals surface area contributed by atoms with Gasteiger partial charge in [0, 0.05) is 45.4 Å². The van der Waals surface area contributed by atoms with Crippen LogP contribution in [0.2, 0.25) is 0 Å². The van der Waals surface area contributed by atoms with Crippen molar-refractivity contribution in [3.63, 3.8) is 0 Å². The Hall–Kier alpha value is -4.51. The van der Waals surface area contributed by atoms with Gasteiger partial charge in [-0.25, -0.2) is 0 Å². The zero-order valence-electron chi connectivity index (χ0n) is 18.1. The van der Waals surface area contributed by atoms with Gasteiger partial charge in [0.15, 0.2) is 0 Å². The summed E-state index contributed by atoms with van der Waals surface area (Å²) in [6.07, 6.45) is 3.77. The molecule has 0 atom stereocenters. The minimum atomic E-state index is -0.231. The number of para-hydroxylation sites is 3. The Kier molecular flexibility index (Phi) is 3.45. The molecular weight excluding hydrogens is 419 g/mol. The fraction of sp³-hybridized carbons (Fsp3) is 0. The molecule has 2 aromatic heterocycles. The number of aromatic nitrogens is 1. The lowest BCUT2D eigenvalue weighted by atomic mass is 9.65. The maximum atomic E-state index is 6.48. The highest BCUT2D eigenvalue weighted by Crippen LogP contribution is 2.48. The predicted octanol–water partition coefficient (Wildman–Crippen LogP) is 6.55. The van der Waals surface area contributed by atoms with E-state index in [9.17, 15) is 0 Å². The number of fused-ring (bicyclic) bond motifs is 11. The van der Waals surface area contributed by atoms with Crippen molar-refractivity contribution in [2.75, 3.05) is 4.81 Å². The van der Waals surface area contributed by atoms with Gasteiger partial charge in [0.25, 0.3) is 0 Å². The van der Waals surface area contributed by atoms with Crippen LogP contribution in [-0.4, -0.2) is 12.0 Å². The Morgan fingerprint density at radius 1 is 0.706 bits per heavy atom. The predicted molar refractivity (Wildman–Crippen MR) is 137 cm³/mol. The summed E-state index contributed by atoms with van der Waals surface area (Å²) < 4.78 is 12.8. The van der Waals surface area contributed by atoms with Crippen molar-refractivity contribution in [3.8, 4) is 28.0 Å². The molecule has 6 aromatic rings. The second kappa shape index (κ2) is 6.52. The van der Waals surface area contributed by atoms with E-state index >= 15 is 0 Å². The summed E-state index contributed by atoms with van der Waals surface area (Å²) in [5, 5.41) is 2.27. The third-order valence-corrected chi connectivity index (χ3v) is 6.98. The van der Waals surface area contributed by atoms with Gasteiger partial charge in [0.05, 0.1) is 5.69 Å². The maximum Gasteiger partial charge on any atom is 0.526 e. The summed E-state index contributed by atoms with van der Waals surface area (Å²) in [7, 11) is -0.231. The average molecular weight is 436 g/mol. The van der Waals surface area contributed by atoms with E-state index < -0.39 is 0 Å². The van der Waals surface area contributed by atoms with E-state index in [4.69, 9.17) is 9.07 Å². The first-order valence-electron chi connectivity index (χ1n) is 11.4. The molecule has 158 valence electrons. The Morgan fingerprint density at radius 2 is 1.56 bits per heavy atom. The maximum absolute atomic E-state index is 6.48. The second-order valence-corrected chi connectivity index (χ2v) is 8.78. The van der Waals surface area contributed by atoms with Crippen molar-refractivity contribution in [2.45, 2.75) is 0 Å². The number of hydrogen-bond donors (Lipinski definition) is 0. The molecule has 4 heterocycles. The summed E-state index contributed by atoms with van der Waals surface area (Å²) in [5.41, 5.74) is 9.63. The normalized spacial score (nSPS) is 13.4. The molecule has 0 saturated heterocycles. The van der Waals surface area contributed by atoms with Crippen molar-refractivity contribution < 1.29 is 9.07 Å². The molecule has 0 aliphatic carbocycles. The van der Waals surface area contributed by atoms with Gasteiger partial charge in [0.1, 0.15) is 16.9 Å². The molecule has 0 saturated carbocycles. The zero-order chi connectivity index (χ0) is 22.2. The van der Waals surface area contributed by atoms with Gasteiger partial charge in [-0.1, -0.05) is 60.7 Å². The van der Waals surface area contributed by atoms with Crippen LogP contribution in [0, 0.1) is 0 Å². The summed E-state index contributed by atoms with van der Waals surface area (Å²) in [4.78, 5) is 6.68. The van der Waals surface area contributed by atoms with Crippen LogP contribution >= 0.6 is 0 Å². The van der Waals surface area contributed by atoms with Crippen LogP contribution in [0.4, 0.5) is 11.4 Å². The SMILES string of the molecule is c1ccc2c(c1)-c1ccncc1B1Oc3ccc(-c4cccc5c4oc4ccccc45)cc3N12. The van der Waals surface area contributed by atoms with Crippen molar-refractivity contribution in [1.82, 2.24) is 4.98 Å². The molecule has 2 aliphatic heterocycles. The molecule has 0 unspecified atom stereocenters. The fourth-order valence-electron chi connectivity index (χ4n) is 5.47. The van der Waals surface area contributed by atoms with Gasteiger partial charge < -0.3 is 13.9 Å². The van der Waals surface area contributed by atoms with Gasteiger partial charge in [-0.2, -0.15) is 0 Å². The molecule has 4 nitrogen and oxygen atoms in total. The number of anilines is 2. The summed E-state index contributed by atoms with van der Waals surface area (Å²) in [6, 6.07) is 31.5. The van der Waals surface area contributed by atoms with E-state index in [1.807, 2.05) is 24.5 Å². The van der Waals surface area contributed by atoms with Crippen LogP contribution in [0.5, 0.6) is 5.75 Å². The number of rotatable bonds is 1. The minimum Gasteiger partial charge on any atom is -0.536 e. The molecule has 0 spiro atoms. The minimum absolute atomic E-state index is 0.231. The molecule has 0 fully saturated rings. The number of furan rings is 1. The van der Waals surface area contributed by atoms with Gasteiger partial charge in [-0.15, -0.1) is 0 Å². The highest BCUT2D eigenvalue weighted by molar-refractivity contribution is 6.77. The topological polar surface area (TPSA) is 38.5 Å². The lowest BCUT2D eigenvalue weighted by molar-refractivity contribution is 0.603. The van der Waals surface area contributed by atoms with E-state index in [0.717, 1.165) is 55.7 Å². The standard InChI is InChI=1S/C29H17BN2O2/c1-3-10-25-21(6-1)20-14-15-31-17-24(20)30-32(25)26-16-18(12-13-28(26)34-30)19-8-5-9-23-22-7-2-4-11-27(22)33-29(19)23/h1-17H. The molecule has 0 N–H and O–H groups in total. The number of nitrogens with zero attached hydrogens (tertiary/aromatic N) is 2. The van der Waals surface area contributed by atoms with Crippen LogP contribution in [0.25, 0.3) is 44.2 Å². The van der Waals surface area contributed by atoms with Crippen LogP contribution in [0.15, 0.2) is 108 Å². The van der Waals surface area contributed by atoms with Crippen LogP contribution in [0.1, 0.15) is 0 Å². The van der Waals surface area contributed by atoms with Crippen LogP contribution < -0.4 is 14.9 Å². The molecule has 4 aromatic carbocycles. The second-order valence-electron chi connectivity index (χ2n) is 8.78. The first kappa shape index (κ1) is 18.0. The van der Waals surface area contributed by atoms with Gasteiger partial charge >= 0.3 is 7.05 Å². The molecule has 8 rings (SSSR count). The van der Waals surface area contributed by atoms with Crippen LogP contribution in [0.3, 0.4) is 0 Å². The number of pyridine rings is 1. The Morgan fingerprint density at radius 3 is 2.56 bits per heavy atom. The molecular formula is C29H17BN2O2. The summed E-state index contributed by atoms with van der Waals surface area (Å²) >= 11 is 0. The first-order chi connectivity index (χ1) is 16.9. The zero-order valence-corrected chi connectivity index (χ0v) is 18.1. The monoisotopic (exact) mass is 436 g/mol. The fourth-order valence-corrected chi connectivity index (χ4v) is 5.47. The Labute approximate surface area is 196 Å². The molecule has 34 heavy (non-hydrogen) atoms. The smallest absolute Gasteiger partial charge is 0.526 e. The van der Waals surface area contributed by atoms with Crippen molar-refractivity contribution in [3.05, 3.63) is 103 Å². The number of hydrogen-bond acceptors (Lipinski definition) is 4. The Balaban J connectivity index is 1.34. The lowest BCUT2D eigenvalue weighted by Crippen LogP contribution is -2.50. The quantitative estimate of drug-likeness (QED) is 0.274. The molecule has 0 amide bonds. The molecule has 0 radical (unpaired) electrons. The van der Waals surface area contributed by atoms with E-state index in [1.54, 1.807) is 0 Å². The van der Waals surface area contributed by atoms with Crippen molar-refractivity contribution in [1.29, 1.82) is 0 Å². The summed E-state index contributed by atoms with van der Waals surface area (Å²) in [5.74, 6) is 0.872. The van der Waals surface area contributed by atoms with Crippen LogP contribution in [-0.2, 0) is 0 Å². The third kappa shape index (κ3) is 2.31. The first-order valence-corrected chi connectivity index (χ1v) is 11.4. The number of benzene rings is 4. The molecule has 0 bridgehead atoms. The highest BCUT2D eigenvalue weighted by Gasteiger charge is 2.45. The van der Waals surface area contributed by atoms with E-state index in [2.05, 4.69) is 88.7 Å². The third-order valence-electron chi connectivity index (χ3n) is 6.98. The van der Waals surface area contributed by atoms with Crippen molar-refractivity contribution in [2.24, 2.45) is 0 Å². The van der Waals surface area contributed by atoms with Gasteiger partial charge in [0.2, 0.25) is 0 Å². The van der Waals surface area contributed by atoms with Crippen molar-refractivity contribution >= 4 is 45.8 Å². The van der Waals surface area contributed by atoms with E-state index in [-0.39, 0.29) is 7.05 Å². The average Bonchev–Trinajstić information content (AvgIpc) is 3.47. The van der Waals surface area contributed by atoms with E-state index in [1.165, 1.54) is 11.1 Å². The Bertz CT molecular complexity index is 1770. The van der Waals surface area contributed by atoms with E-state index in [0.29, 0.717) is 0 Å². The largest absolute Gasteiger partial charge is 0.536 e. The highest BCUT2D eigenvalue weighted by atomic mass is 16.5. The lowest BCUT2D eigenvalue weighted by Gasteiger charge is -2.31. The van der Waals surface area contributed by atoms with Gasteiger partial charge in [-0.3, -0.25) is 4.98 Å². The molecule has 2 aliphatic rings. The van der Waals surface area contributed by atoms with Gasteiger partial charge in [-0.05, 0) is 41.5 Å².